The van der Waals surface area contributed by atoms with Crippen molar-refractivity contribution in [3.63, 3.8) is 0 Å². The van der Waals surface area contributed by atoms with Crippen LogP contribution < -0.4 is 0 Å². The second kappa shape index (κ2) is 6.52. The summed E-state index contributed by atoms with van der Waals surface area (Å²) in [6.45, 7) is 6.13. The van der Waals surface area contributed by atoms with Crippen LogP contribution in [-0.4, -0.2) is 24.0 Å². The largest absolute Gasteiger partial charge is 0.279 e. The molecule has 0 radical (unpaired) electrons. The molecule has 1 heteroatoms. The smallest absolute Gasteiger partial charge is 0.0612 e. The van der Waals surface area contributed by atoms with Gasteiger partial charge in [-0.15, -0.1) is 11.8 Å². The fourth-order valence-corrected chi connectivity index (χ4v) is 1.34. The standard InChI is InChI=1S/C13H19N/c1-13(2)14-11-9-7-5-3-4-6-8-10-12-14/h13H,3-6,11-12H2,1-2H3. The minimum atomic E-state index is 0.541. The summed E-state index contributed by atoms with van der Waals surface area (Å²) in [5, 5.41) is 0. The van der Waals surface area contributed by atoms with Crippen LogP contribution in [0.2, 0.25) is 0 Å². The van der Waals surface area contributed by atoms with E-state index in [1.165, 1.54) is 12.8 Å². The van der Waals surface area contributed by atoms with Crippen LogP contribution in [0.15, 0.2) is 0 Å². The molecule has 0 N–H and O–H groups in total. The van der Waals surface area contributed by atoms with E-state index in [0.29, 0.717) is 6.04 Å². The normalized spacial score (nSPS) is 18.8. The highest BCUT2D eigenvalue weighted by molar-refractivity contribution is 5.07. The molecule has 1 aliphatic heterocycles. The maximum atomic E-state index is 3.22. The van der Waals surface area contributed by atoms with Crippen molar-refractivity contribution in [1.82, 2.24) is 4.90 Å². The van der Waals surface area contributed by atoms with Crippen LogP contribution in [0.3, 0.4) is 0 Å². The number of hydrogen-bond acceptors (Lipinski definition) is 1. The van der Waals surface area contributed by atoms with E-state index in [1.54, 1.807) is 0 Å². The van der Waals surface area contributed by atoms with Gasteiger partial charge in [0.1, 0.15) is 0 Å². The van der Waals surface area contributed by atoms with Gasteiger partial charge in [0, 0.05) is 18.9 Å². The monoisotopic (exact) mass is 189 g/mol. The van der Waals surface area contributed by atoms with Crippen LogP contribution in [0, 0.1) is 23.7 Å². The van der Waals surface area contributed by atoms with E-state index < -0.39 is 0 Å². The Bertz CT molecular complexity index is 243. The van der Waals surface area contributed by atoms with Crippen molar-refractivity contribution in [1.29, 1.82) is 0 Å². The van der Waals surface area contributed by atoms with Crippen molar-refractivity contribution in [2.45, 2.75) is 45.6 Å². The fourth-order valence-electron chi connectivity index (χ4n) is 1.34. The van der Waals surface area contributed by atoms with Gasteiger partial charge in [0.2, 0.25) is 0 Å². The minimum Gasteiger partial charge on any atom is -0.279 e. The lowest BCUT2D eigenvalue weighted by molar-refractivity contribution is 0.281. The molecule has 0 spiro atoms. The van der Waals surface area contributed by atoms with Crippen LogP contribution >= 0.6 is 0 Å². The minimum absolute atomic E-state index is 0.541. The molecule has 0 amide bonds. The summed E-state index contributed by atoms with van der Waals surface area (Å²) in [5.41, 5.74) is 0. The first kappa shape index (κ1) is 11.2. The van der Waals surface area contributed by atoms with Gasteiger partial charge in [-0.3, -0.25) is 4.90 Å². The van der Waals surface area contributed by atoms with E-state index in [1.807, 2.05) is 0 Å². The number of rotatable bonds is 1. The molecule has 0 saturated carbocycles. The summed E-state index contributed by atoms with van der Waals surface area (Å²) in [6.07, 6.45) is 4.47. The van der Waals surface area contributed by atoms with Gasteiger partial charge in [0.25, 0.3) is 0 Å². The molecule has 14 heavy (non-hydrogen) atoms. The lowest BCUT2D eigenvalue weighted by Gasteiger charge is -2.20. The van der Waals surface area contributed by atoms with E-state index in [0.717, 1.165) is 25.9 Å². The van der Waals surface area contributed by atoms with Crippen molar-refractivity contribution >= 4 is 0 Å². The summed E-state index contributed by atoms with van der Waals surface area (Å²) in [4.78, 5) is 2.31. The number of hydrogen-bond donors (Lipinski definition) is 0. The summed E-state index contributed by atoms with van der Waals surface area (Å²) < 4.78 is 0. The molecule has 0 unspecified atom stereocenters. The molecule has 0 fully saturated rings. The van der Waals surface area contributed by atoms with Gasteiger partial charge in [-0.2, -0.15) is 0 Å². The molecule has 76 valence electrons. The van der Waals surface area contributed by atoms with E-state index in [4.69, 9.17) is 0 Å². The van der Waals surface area contributed by atoms with Crippen LogP contribution in [-0.2, 0) is 0 Å². The Morgan fingerprint density at radius 2 is 1.36 bits per heavy atom. The fraction of sp³-hybridized carbons (Fsp3) is 0.692. The topological polar surface area (TPSA) is 3.24 Å². The third kappa shape index (κ3) is 4.35. The van der Waals surface area contributed by atoms with Crippen LogP contribution in [0.5, 0.6) is 0 Å². The molecule has 1 nitrogen and oxygen atoms in total. The lowest BCUT2D eigenvalue weighted by Crippen LogP contribution is -2.31. The first-order chi connectivity index (χ1) is 6.80. The average molecular weight is 189 g/mol. The van der Waals surface area contributed by atoms with Gasteiger partial charge in [-0.25, -0.2) is 0 Å². The predicted molar refractivity (Wildman–Crippen MR) is 60.7 cm³/mol. The predicted octanol–water partition coefficient (Wildman–Crippen LogP) is 2.28. The van der Waals surface area contributed by atoms with Crippen LogP contribution in [0.4, 0.5) is 0 Å². The van der Waals surface area contributed by atoms with Crippen molar-refractivity contribution < 1.29 is 0 Å². The Morgan fingerprint density at radius 3 is 1.79 bits per heavy atom. The van der Waals surface area contributed by atoms with Crippen molar-refractivity contribution in [3.05, 3.63) is 0 Å². The van der Waals surface area contributed by atoms with Crippen LogP contribution in [0.25, 0.3) is 0 Å². The van der Waals surface area contributed by atoms with Crippen molar-refractivity contribution in [3.8, 4) is 23.7 Å². The molecule has 0 bridgehead atoms. The van der Waals surface area contributed by atoms with E-state index in [2.05, 4.69) is 42.4 Å². The maximum Gasteiger partial charge on any atom is 0.0612 e. The van der Waals surface area contributed by atoms with E-state index >= 15 is 0 Å². The molecule has 0 aromatic rings. The third-order valence-corrected chi connectivity index (χ3v) is 2.40. The summed E-state index contributed by atoms with van der Waals surface area (Å²) in [7, 11) is 0. The number of nitrogens with zero attached hydrogens (tertiary/aromatic N) is 1. The second-order valence-corrected chi connectivity index (χ2v) is 3.91. The highest BCUT2D eigenvalue weighted by Crippen LogP contribution is 2.00. The molecule has 0 saturated heterocycles. The Hall–Kier alpha value is -0.920. The summed E-state index contributed by atoms with van der Waals surface area (Å²) >= 11 is 0. The maximum absolute atomic E-state index is 3.22. The third-order valence-electron chi connectivity index (χ3n) is 2.40. The van der Waals surface area contributed by atoms with Crippen LogP contribution in [0.1, 0.15) is 39.5 Å². The highest BCUT2D eigenvalue weighted by Gasteiger charge is 2.05. The van der Waals surface area contributed by atoms with E-state index in [9.17, 15) is 0 Å². The molecule has 1 heterocycles. The summed E-state index contributed by atoms with van der Waals surface area (Å²) in [6, 6.07) is 0.541. The zero-order valence-corrected chi connectivity index (χ0v) is 9.27. The molecule has 0 aliphatic carbocycles. The zero-order valence-electron chi connectivity index (χ0n) is 9.27. The molecule has 1 rings (SSSR count). The Labute approximate surface area is 87.9 Å². The van der Waals surface area contributed by atoms with Crippen molar-refractivity contribution in [2.24, 2.45) is 0 Å². The molecular weight excluding hydrogens is 170 g/mol. The van der Waals surface area contributed by atoms with Gasteiger partial charge >= 0.3 is 0 Å². The highest BCUT2D eigenvalue weighted by atomic mass is 15.1. The SMILES string of the molecule is CC(C)N1CC#CCCCCC#CC1. The van der Waals surface area contributed by atoms with Gasteiger partial charge < -0.3 is 0 Å². The Morgan fingerprint density at radius 1 is 0.857 bits per heavy atom. The molecular formula is C13H19N. The quantitative estimate of drug-likeness (QED) is 0.572. The Kier molecular flexibility index (Phi) is 5.20. The molecule has 1 aliphatic rings. The zero-order chi connectivity index (χ0) is 10.2. The van der Waals surface area contributed by atoms with E-state index in [-0.39, 0.29) is 0 Å². The molecule has 0 aromatic carbocycles. The molecule has 0 atom stereocenters. The Balaban J connectivity index is 2.54. The van der Waals surface area contributed by atoms with Gasteiger partial charge in [0.05, 0.1) is 13.1 Å². The molecule has 0 aromatic heterocycles. The second-order valence-electron chi connectivity index (χ2n) is 3.91. The van der Waals surface area contributed by atoms with Gasteiger partial charge in [-0.1, -0.05) is 11.8 Å². The first-order valence-corrected chi connectivity index (χ1v) is 5.46. The lowest BCUT2D eigenvalue weighted by atomic mass is 10.2. The van der Waals surface area contributed by atoms with Crippen molar-refractivity contribution in [2.75, 3.05) is 13.1 Å². The van der Waals surface area contributed by atoms with Gasteiger partial charge in [-0.05, 0) is 26.7 Å². The van der Waals surface area contributed by atoms with Gasteiger partial charge in [0.15, 0.2) is 0 Å². The first-order valence-electron chi connectivity index (χ1n) is 5.46. The summed E-state index contributed by atoms with van der Waals surface area (Å²) in [5.74, 6) is 12.9. The average Bonchev–Trinajstić information content (AvgIpc) is 2.21.